The summed E-state index contributed by atoms with van der Waals surface area (Å²) in [5.74, 6) is 1.22. The summed E-state index contributed by atoms with van der Waals surface area (Å²) in [5, 5.41) is 0. The van der Waals surface area contributed by atoms with Crippen LogP contribution in [0.2, 0.25) is 0 Å². The molecule has 1 unspecified atom stereocenters. The third kappa shape index (κ3) is 3.31. The van der Waals surface area contributed by atoms with Crippen molar-refractivity contribution in [3.8, 4) is 0 Å². The van der Waals surface area contributed by atoms with Gasteiger partial charge in [-0.15, -0.1) is 0 Å². The number of carbonyl (C=O) groups excluding carboxylic acids is 1. The predicted molar refractivity (Wildman–Crippen MR) is 91.0 cm³/mol. The van der Waals surface area contributed by atoms with Crippen molar-refractivity contribution in [1.82, 2.24) is 14.5 Å². The minimum Gasteiger partial charge on any atom is -0.334 e. The lowest BCUT2D eigenvalue weighted by molar-refractivity contribution is -0.136. The standard InChI is InChI=1S/C19H25N3O/c1-3-12-21-13-11-20-17(21)14-22-15-19(2,10-9-18(22)23)16-7-5-4-6-8-16/h4-8,11,13H,3,9-10,12,14-15H2,1-2H3. The number of rotatable bonds is 5. The molecule has 4 heteroatoms. The lowest BCUT2D eigenvalue weighted by atomic mass is 9.75. The Hall–Kier alpha value is -2.10. The molecule has 1 aliphatic rings. The fraction of sp³-hybridized carbons (Fsp3) is 0.474. The molecule has 23 heavy (non-hydrogen) atoms. The molecule has 122 valence electrons. The van der Waals surface area contributed by atoms with Crippen molar-refractivity contribution >= 4 is 5.91 Å². The van der Waals surface area contributed by atoms with Gasteiger partial charge in [-0.1, -0.05) is 44.2 Å². The van der Waals surface area contributed by atoms with Gasteiger partial charge in [0.2, 0.25) is 5.91 Å². The Morgan fingerprint density at radius 3 is 2.78 bits per heavy atom. The Bertz CT molecular complexity index is 664. The van der Waals surface area contributed by atoms with Crippen LogP contribution in [0.3, 0.4) is 0 Å². The number of carbonyl (C=O) groups is 1. The van der Waals surface area contributed by atoms with Gasteiger partial charge in [0.25, 0.3) is 0 Å². The zero-order valence-corrected chi connectivity index (χ0v) is 14.0. The monoisotopic (exact) mass is 311 g/mol. The summed E-state index contributed by atoms with van der Waals surface area (Å²) < 4.78 is 2.15. The summed E-state index contributed by atoms with van der Waals surface area (Å²) in [5.41, 5.74) is 1.34. The minimum absolute atomic E-state index is 0.0251. The number of imidazole rings is 1. The Balaban J connectivity index is 1.79. The first kappa shape index (κ1) is 15.8. The molecule has 2 heterocycles. The van der Waals surface area contributed by atoms with Gasteiger partial charge < -0.3 is 9.47 Å². The summed E-state index contributed by atoms with van der Waals surface area (Å²) in [7, 11) is 0. The quantitative estimate of drug-likeness (QED) is 0.849. The van der Waals surface area contributed by atoms with Crippen molar-refractivity contribution in [1.29, 1.82) is 0 Å². The number of nitrogens with zero attached hydrogens (tertiary/aromatic N) is 3. The van der Waals surface area contributed by atoms with Gasteiger partial charge in [0.1, 0.15) is 5.82 Å². The van der Waals surface area contributed by atoms with E-state index in [0.717, 1.165) is 31.8 Å². The Morgan fingerprint density at radius 2 is 2.04 bits per heavy atom. The number of aromatic nitrogens is 2. The highest BCUT2D eigenvalue weighted by Crippen LogP contribution is 2.34. The van der Waals surface area contributed by atoms with Crippen molar-refractivity contribution in [3.05, 3.63) is 54.1 Å². The second-order valence-corrected chi connectivity index (χ2v) is 6.71. The average molecular weight is 311 g/mol. The van der Waals surface area contributed by atoms with Crippen LogP contribution < -0.4 is 0 Å². The number of benzene rings is 1. The van der Waals surface area contributed by atoms with Crippen LogP contribution in [0.1, 0.15) is 44.5 Å². The molecule has 2 aromatic rings. The molecule has 0 N–H and O–H groups in total. The second-order valence-electron chi connectivity index (χ2n) is 6.71. The van der Waals surface area contributed by atoms with E-state index in [1.165, 1.54) is 5.56 Å². The number of hydrogen-bond acceptors (Lipinski definition) is 2. The highest BCUT2D eigenvalue weighted by atomic mass is 16.2. The van der Waals surface area contributed by atoms with Crippen LogP contribution in [-0.4, -0.2) is 26.9 Å². The summed E-state index contributed by atoms with van der Waals surface area (Å²) >= 11 is 0. The number of hydrogen-bond donors (Lipinski definition) is 0. The summed E-state index contributed by atoms with van der Waals surface area (Å²) in [6, 6.07) is 10.5. The number of amides is 1. The maximum Gasteiger partial charge on any atom is 0.223 e. The fourth-order valence-corrected chi connectivity index (χ4v) is 3.46. The van der Waals surface area contributed by atoms with Gasteiger partial charge in [-0.3, -0.25) is 4.79 Å². The maximum atomic E-state index is 12.4. The molecule has 1 aromatic carbocycles. The third-order valence-corrected chi connectivity index (χ3v) is 4.85. The first-order valence-electron chi connectivity index (χ1n) is 8.46. The van der Waals surface area contributed by atoms with E-state index in [0.29, 0.717) is 13.0 Å². The number of aryl methyl sites for hydroxylation is 1. The van der Waals surface area contributed by atoms with E-state index < -0.39 is 0 Å². The zero-order chi connectivity index (χ0) is 16.3. The van der Waals surface area contributed by atoms with Crippen LogP contribution in [0.15, 0.2) is 42.7 Å². The molecule has 1 amide bonds. The van der Waals surface area contributed by atoms with Gasteiger partial charge in [-0.2, -0.15) is 0 Å². The second kappa shape index (κ2) is 6.57. The Kier molecular flexibility index (Phi) is 4.51. The first-order valence-corrected chi connectivity index (χ1v) is 8.46. The molecule has 0 radical (unpaired) electrons. The molecule has 1 aromatic heterocycles. The van der Waals surface area contributed by atoms with E-state index in [1.807, 2.05) is 23.4 Å². The molecule has 3 rings (SSSR count). The minimum atomic E-state index is 0.0251. The molecule has 1 saturated heterocycles. The smallest absolute Gasteiger partial charge is 0.223 e. The predicted octanol–water partition coefficient (Wildman–Crippen LogP) is 3.37. The van der Waals surface area contributed by atoms with Crippen LogP contribution in [0.5, 0.6) is 0 Å². The fourth-order valence-electron chi connectivity index (χ4n) is 3.46. The van der Waals surface area contributed by atoms with Gasteiger partial charge in [0, 0.05) is 37.3 Å². The van der Waals surface area contributed by atoms with Gasteiger partial charge in [-0.25, -0.2) is 4.98 Å². The van der Waals surface area contributed by atoms with Crippen LogP contribution >= 0.6 is 0 Å². The van der Waals surface area contributed by atoms with Crippen LogP contribution in [0.4, 0.5) is 0 Å². The van der Waals surface area contributed by atoms with E-state index in [9.17, 15) is 4.79 Å². The average Bonchev–Trinajstić information content (AvgIpc) is 2.99. The maximum absolute atomic E-state index is 12.4. The summed E-state index contributed by atoms with van der Waals surface area (Å²) in [6.07, 6.45) is 6.42. The number of piperidine rings is 1. The largest absolute Gasteiger partial charge is 0.334 e. The van der Waals surface area contributed by atoms with Crippen molar-refractivity contribution < 1.29 is 4.79 Å². The van der Waals surface area contributed by atoms with Crippen LogP contribution in [0, 0.1) is 0 Å². The highest BCUT2D eigenvalue weighted by Gasteiger charge is 2.36. The molecule has 0 saturated carbocycles. The van der Waals surface area contributed by atoms with E-state index in [-0.39, 0.29) is 11.3 Å². The van der Waals surface area contributed by atoms with Gasteiger partial charge >= 0.3 is 0 Å². The molecular weight excluding hydrogens is 286 g/mol. The molecule has 0 aliphatic carbocycles. The third-order valence-electron chi connectivity index (χ3n) is 4.85. The number of likely N-dealkylation sites (tertiary alicyclic amines) is 1. The SMILES string of the molecule is CCCn1ccnc1CN1CC(C)(c2ccccc2)CCC1=O. The van der Waals surface area contributed by atoms with E-state index >= 15 is 0 Å². The van der Waals surface area contributed by atoms with Crippen LogP contribution in [-0.2, 0) is 23.3 Å². The van der Waals surface area contributed by atoms with Gasteiger partial charge in [0.05, 0.1) is 6.54 Å². The van der Waals surface area contributed by atoms with E-state index in [4.69, 9.17) is 0 Å². The Morgan fingerprint density at radius 1 is 1.26 bits per heavy atom. The summed E-state index contributed by atoms with van der Waals surface area (Å²) in [4.78, 5) is 18.8. The van der Waals surface area contributed by atoms with Crippen LogP contribution in [0.25, 0.3) is 0 Å². The summed E-state index contributed by atoms with van der Waals surface area (Å²) in [6.45, 7) is 6.74. The lowest BCUT2D eigenvalue weighted by Gasteiger charge is -2.40. The van der Waals surface area contributed by atoms with Crippen molar-refractivity contribution in [2.24, 2.45) is 0 Å². The normalized spacial score (nSPS) is 21.7. The molecule has 0 bridgehead atoms. The zero-order valence-electron chi connectivity index (χ0n) is 14.0. The topological polar surface area (TPSA) is 38.1 Å². The van der Waals surface area contributed by atoms with Gasteiger partial charge in [-0.05, 0) is 18.4 Å². The molecular formula is C19H25N3O. The molecule has 1 fully saturated rings. The van der Waals surface area contributed by atoms with E-state index in [1.54, 1.807) is 0 Å². The van der Waals surface area contributed by atoms with Crippen molar-refractivity contribution in [2.75, 3.05) is 6.54 Å². The van der Waals surface area contributed by atoms with Crippen molar-refractivity contribution in [2.45, 2.75) is 51.6 Å². The van der Waals surface area contributed by atoms with Crippen molar-refractivity contribution in [3.63, 3.8) is 0 Å². The van der Waals surface area contributed by atoms with E-state index in [2.05, 4.69) is 47.7 Å². The molecule has 1 aliphatic heterocycles. The first-order chi connectivity index (χ1) is 11.1. The Labute approximate surface area is 138 Å². The molecule has 0 spiro atoms. The highest BCUT2D eigenvalue weighted by molar-refractivity contribution is 5.77. The molecule has 4 nitrogen and oxygen atoms in total. The lowest BCUT2D eigenvalue weighted by Crippen LogP contribution is -2.47. The van der Waals surface area contributed by atoms with Gasteiger partial charge in [0.15, 0.2) is 0 Å². The molecule has 1 atom stereocenters.